The number of hydrogen-bond acceptors (Lipinski definition) is 4. The van der Waals surface area contributed by atoms with Crippen molar-refractivity contribution < 1.29 is 13.5 Å². The highest BCUT2D eigenvalue weighted by Crippen LogP contribution is 2.30. The van der Waals surface area contributed by atoms with E-state index in [0.717, 1.165) is 0 Å². The van der Waals surface area contributed by atoms with Gasteiger partial charge in [0.05, 0.1) is 17.3 Å². The maximum absolute atomic E-state index is 12.3. The van der Waals surface area contributed by atoms with Gasteiger partial charge in [0.2, 0.25) is 0 Å². The molecule has 1 aliphatic carbocycles. The van der Waals surface area contributed by atoms with Crippen molar-refractivity contribution in [3.8, 4) is 0 Å². The molecule has 0 amide bonds. The number of rotatable bonds is 4. The molecular formula is C10H16ClN3O3S. The maximum Gasteiger partial charge on any atom is 0.261 e. The highest BCUT2D eigenvalue weighted by Gasteiger charge is 2.33. The van der Waals surface area contributed by atoms with Crippen LogP contribution < -0.4 is 0 Å². The predicted molar refractivity (Wildman–Crippen MR) is 66.8 cm³/mol. The number of aliphatic hydroxyl groups excluding tert-OH is 1. The van der Waals surface area contributed by atoms with Crippen molar-refractivity contribution in [2.75, 3.05) is 13.6 Å². The van der Waals surface area contributed by atoms with Crippen LogP contribution >= 0.6 is 11.6 Å². The summed E-state index contributed by atoms with van der Waals surface area (Å²) in [5, 5.41) is 13.2. The first kappa shape index (κ1) is 13.8. The van der Waals surface area contributed by atoms with Gasteiger partial charge in [0.25, 0.3) is 10.0 Å². The third kappa shape index (κ3) is 2.40. The first-order chi connectivity index (χ1) is 8.32. The SMILES string of the molecule is CN(CC1CC(O)C1)S(=O)(=O)c1c(Cl)cnn1C. The molecule has 0 spiro atoms. The second-order valence-electron chi connectivity index (χ2n) is 4.70. The van der Waals surface area contributed by atoms with E-state index in [4.69, 9.17) is 11.6 Å². The lowest BCUT2D eigenvalue weighted by molar-refractivity contribution is 0.0367. The molecule has 1 heterocycles. The maximum atomic E-state index is 12.3. The minimum atomic E-state index is -3.63. The van der Waals surface area contributed by atoms with Gasteiger partial charge in [-0.25, -0.2) is 8.42 Å². The lowest BCUT2D eigenvalue weighted by atomic mass is 9.82. The Bertz CT molecular complexity index is 517. The Morgan fingerprint density at radius 1 is 1.61 bits per heavy atom. The summed E-state index contributed by atoms with van der Waals surface area (Å²) in [6, 6.07) is 0. The first-order valence-electron chi connectivity index (χ1n) is 5.64. The Kier molecular flexibility index (Phi) is 3.68. The highest BCUT2D eigenvalue weighted by atomic mass is 35.5. The molecule has 0 bridgehead atoms. The van der Waals surface area contributed by atoms with Crippen LogP contribution in [-0.4, -0.2) is 47.3 Å². The molecule has 1 aromatic heterocycles. The second kappa shape index (κ2) is 4.80. The summed E-state index contributed by atoms with van der Waals surface area (Å²) in [5.41, 5.74) is 0. The fraction of sp³-hybridized carbons (Fsp3) is 0.700. The molecule has 1 saturated carbocycles. The second-order valence-corrected chi connectivity index (χ2v) is 7.07. The van der Waals surface area contributed by atoms with Gasteiger partial charge in [0.15, 0.2) is 5.03 Å². The zero-order valence-corrected chi connectivity index (χ0v) is 11.8. The van der Waals surface area contributed by atoms with E-state index in [9.17, 15) is 13.5 Å². The van der Waals surface area contributed by atoms with Gasteiger partial charge in [-0.2, -0.15) is 9.40 Å². The molecule has 0 radical (unpaired) electrons. The fourth-order valence-electron chi connectivity index (χ4n) is 2.15. The molecule has 0 atom stereocenters. The summed E-state index contributed by atoms with van der Waals surface area (Å²) in [6.45, 7) is 0.390. The van der Waals surface area contributed by atoms with Gasteiger partial charge in [-0.15, -0.1) is 0 Å². The molecule has 1 N–H and O–H groups in total. The Morgan fingerprint density at radius 2 is 2.22 bits per heavy atom. The smallest absolute Gasteiger partial charge is 0.261 e. The van der Waals surface area contributed by atoms with Crippen LogP contribution in [0.5, 0.6) is 0 Å². The average molecular weight is 294 g/mol. The molecule has 0 aliphatic heterocycles. The number of aliphatic hydroxyl groups is 1. The zero-order valence-electron chi connectivity index (χ0n) is 10.2. The number of aromatic nitrogens is 2. The number of aryl methyl sites for hydroxylation is 1. The van der Waals surface area contributed by atoms with Crippen molar-refractivity contribution in [2.45, 2.75) is 24.0 Å². The van der Waals surface area contributed by atoms with Gasteiger partial charge in [-0.05, 0) is 18.8 Å². The van der Waals surface area contributed by atoms with Crippen LogP contribution in [0.3, 0.4) is 0 Å². The Balaban J connectivity index is 2.16. The van der Waals surface area contributed by atoms with E-state index in [1.807, 2.05) is 0 Å². The van der Waals surface area contributed by atoms with Crippen LogP contribution in [0, 0.1) is 5.92 Å². The van der Waals surface area contributed by atoms with Gasteiger partial charge in [-0.1, -0.05) is 11.6 Å². The lowest BCUT2D eigenvalue weighted by Crippen LogP contribution is -2.40. The van der Waals surface area contributed by atoms with Crippen molar-refractivity contribution in [3.05, 3.63) is 11.2 Å². The summed E-state index contributed by atoms with van der Waals surface area (Å²) in [7, 11) is -0.567. The van der Waals surface area contributed by atoms with E-state index in [1.165, 1.54) is 22.2 Å². The monoisotopic (exact) mass is 293 g/mol. The van der Waals surface area contributed by atoms with E-state index in [1.54, 1.807) is 7.05 Å². The van der Waals surface area contributed by atoms with Crippen LogP contribution in [0.4, 0.5) is 0 Å². The molecule has 1 aromatic rings. The van der Waals surface area contributed by atoms with Crippen LogP contribution in [0.2, 0.25) is 5.02 Å². The summed E-state index contributed by atoms with van der Waals surface area (Å²) in [4.78, 5) is 0. The third-order valence-electron chi connectivity index (χ3n) is 3.22. The predicted octanol–water partition coefficient (Wildman–Crippen LogP) is 0.465. The van der Waals surface area contributed by atoms with Crippen molar-refractivity contribution in [2.24, 2.45) is 13.0 Å². The van der Waals surface area contributed by atoms with Gasteiger partial charge < -0.3 is 5.11 Å². The molecule has 0 unspecified atom stereocenters. The molecule has 1 aliphatic rings. The van der Waals surface area contributed by atoms with Gasteiger partial charge in [0.1, 0.15) is 0 Å². The zero-order chi connectivity index (χ0) is 13.5. The largest absolute Gasteiger partial charge is 0.393 e. The van der Waals surface area contributed by atoms with E-state index >= 15 is 0 Å². The summed E-state index contributed by atoms with van der Waals surface area (Å²) < 4.78 is 27.1. The molecule has 6 nitrogen and oxygen atoms in total. The molecule has 18 heavy (non-hydrogen) atoms. The number of sulfonamides is 1. The van der Waals surface area contributed by atoms with E-state index in [0.29, 0.717) is 19.4 Å². The molecule has 0 saturated heterocycles. The molecule has 2 rings (SSSR count). The van der Waals surface area contributed by atoms with Gasteiger partial charge in [0, 0.05) is 20.6 Å². The lowest BCUT2D eigenvalue weighted by Gasteiger charge is -2.33. The first-order valence-corrected chi connectivity index (χ1v) is 7.46. The Hall–Kier alpha value is -0.630. The van der Waals surface area contributed by atoms with Crippen molar-refractivity contribution >= 4 is 21.6 Å². The van der Waals surface area contributed by atoms with E-state index in [-0.39, 0.29) is 22.1 Å². The summed E-state index contributed by atoms with van der Waals surface area (Å²) >= 11 is 5.85. The standard InChI is InChI=1S/C10H16ClN3O3S/c1-13(6-7-3-8(15)4-7)18(16,17)10-9(11)5-12-14(10)2/h5,7-8,15H,3-4,6H2,1-2H3. The van der Waals surface area contributed by atoms with Crippen LogP contribution in [0.25, 0.3) is 0 Å². The van der Waals surface area contributed by atoms with Crippen LogP contribution in [0.1, 0.15) is 12.8 Å². The number of nitrogens with zero attached hydrogens (tertiary/aromatic N) is 3. The van der Waals surface area contributed by atoms with Crippen LogP contribution in [-0.2, 0) is 17.1 Å². The summed E-state index contributed by atoms with van der Waals surface area (Å²) in [6.07, 6.45) is 2.33. The van der Waals surface area contributed by atoms with Crippen LogP contribution in [0.15, 0.2) is 11.2 Å². The normalized spacial score (nSPS) is 24.3. The van der Waals surface area contributed by atoms with Crippen molar-refractivity contribution in [3.63, 3.8) is 0 Å². The number of hydrogen-bond donors (Lipinski definition) is 1. The van der Waals surface area contributed by atoms with E-state index < -0.39 is 10.0 Å². The Labute approximate surface area is 111 Å². The van der Waals surface area contributed by atoms with Crippen molar-refractivity contribution in [1.29, 1.82) is 0 Å². The van der Waals surface area contributed by atoms with Gasteiger partial charge >= 0.3 is 0 Å². The molecule has 0 aromatic carbocycles. The average Bonchev–Trinajstić information content (AvgIpc) is 2.56. The minimum absolute atomic E-state index is 0.00605. The molecule has 8 heteroatoms. The molecule has 102 valence electrons. The van der Waals surface area contributed by atoms with Gasteiger partial charge in [-0.3, -0.25) is 4.68 Å². The minimum Gasteiger partial charge on any atom is -0.393 e. The summed E-state index contributed by atoms with van der Waals surface area (Å²) in [5.74, 6) is 0.215. The third-order valence-corrected chi connectivity index (χ3v) is 5.55. The van der Waals surface area contributed by atoms with Crippen molar-refractivity contribution in [1.82, 2.24) is 14.1 Å². The number of halogens is 1. The molecular weight excluding hydrogens is 278 g/mol. The highest BCUT2D eigenvalue weighted by molar-refractivity contribution is 7.89. The Morgan fingerprint density at radius 3 is 2.67 bits per heavy atom. The quantitative estimate of drug-likeness (QED) is 0.875. The topological polar surface area (TPSA) is 75.4 Å². The van der Waals surface area contributed by atoms with E-state index in [2.05, 4.69) is 5.10 Å². The molecule has 1 fully saturated rings. The fourth-order valence-corrected chi connectivity index (χ4v) is 3.99.